The number of fused-ring (bicyclic) bond motifs is 1. The van der Waals surface area contributed by atoms with Crippen LogP contribution in [0.1, 0.15) is 51.4 Å². The summed E-state index contributed by atoms with van der Waals surface area (Å²) in [5, 5.41) is 3.38. The Balaban J connectivity index is 1.49. The van der Waals surface area contributed by atoms with Gasteiger partial charge in [0, 0.05) is 63.0 Å². The van der Waals surface area contributed by atoms with Crippen LogP contribution in [0.15, 0.2) is 0 Å². The number of hydrogen-bond donors (Lipinski definition) is 2. The van der Waals surface area contributed by atoms with Crippen molar-refractivity contribution in [2.24, 2.45) is 0 Å². The van der Waals surface area contributed by atoms with Gasteiger partial charge in [0.1, 0.15) is 5.69 Å². The molecule has 1 unspecified atom stereocenters. The second kappa shape index (κ2) is 6.33. The van der Waals surface area contributed by atoms with E-state index in [1.165, 1.54) is 0 Å². The summed E-state index contributed by atoms with van der Waals surface area (Å²) in [5.41, 5.74) is 3.23. The number of likely N-dealkylation sites (tertiary alicyclic amines) is 1. The molecule has 0 saturated carbocycles. The van der Waals surface area contributed by atoms with E-state index in [0.717, 1.165) is 75.4 Å². The lowest BCUT2D eigenvalue weighted by atomic mass is 9.94. The number of nitrogens with zero attached hydrogens (tertiary/aromatic N) is 2. The zero-order valence-electron chi connectivity index (χ0n) is 14.4. The van der Waals surface area contributed by atoms with Crippen LogP contribution < -0.4 is 5.32 Å². The third kappa shape index (κ3) is 2.67. The van der Waals surface area contributed by atoms with Crippen molar-refractivity contribution in [3.8, 4) is 0 Å². The zero-order chi connectivity index (χ0) is 16.7. The molecule has 3 aliphatic rings. The standard InChI is InChI=1S/C18H26N4O2/c1-12-16-14(3-2-4-15(16)23)20-17(12)18(24)22-8-5-13(11-22)21-9-6-19-7-10-21/h13,19-20H,2-11H2,1H3. The molecule has 0 bridgehead atoms. The van der Waals surface area contributed by atoms with Gasteiger partial charge in [0.15, 0.2) is 5.78 Å². The van der Waals surface area contributed by atoms with Crippen LogP contribution in [0.5, 0.6) is 0 Å². The average molecular weight is 330 g/mol. The van der Waals surface area contributed by atoms with Crippen molar-refractivity contribution in [1.82, 2.24) is 20.1 Å². The predicted octanol–water partition coefficient (Wildman–Crippen LogP) is 0.962. The number of rotatable bonds is 2. The number of ketones is 1. The number of Topliss-reactive ketones (excluding diaryl/α,β-unsaturated/α-hetero) is 1. The fourth-order valence-electron chi connectivity index (χ4n) is 4.42. The van der Waals surface area contributed by atoms with Crippen molar-refractivity contribution >= 4 is 11.7 Å². The summed E-state index contributed by atoms with van der Waals surface area (Å²) in [6.45, 7) is 7.73. The quantitative estimate of drug-likeness (QED) is 0.848. The molecule has 2 fully saturated rings. The van der Waals surface area contributed by atoms with Crippen molar-refractivity contribution < 1.29 is 9.59 Å². The van der Waals surface area contributed by atoms with E-state index in [1.54, 1.807) is 0 Å². The largest absolute Gasteiger partial charge is 0.354 e. The minimum Gasteiger partial charge on any atom is -0.354 e. The van der Waals surface area contributed by atoms with Crippen LogP contribution in [0.25, 0.3) is 0 Å². The average Bonchev–Trinajstić information content (AvgIpc) is 3.21. The number of amides is 1. The van der Waals surface area contributed by atoms with Gasteiger partial charge in [-0.25, -0.2) is 0 Å². The molecular formula is C18H26N4O2. The molecule has 4 rings (SSSR count). The molecule has 6 heteroatoms. The van der Waals surface area contributed by atoms with E-state index in [2.05, 4.69) is 15.2 Å². The molecule has 1 aliphatic carbocycles. The Bertz CT molecular complexity index is 660. The van der Waals surface area contributed by atoms with Crippen LogP contribution in [0.2, 0.25) is 0 Å². The SMILES string of the molecule is Cc1c(C(=O)N2CCC(N3CCNCC3)C2)[nH]c2c1C(=O)CCC2. The Morgan fingerprint density at radius 2 is 1.96 bits per heavy atom. The summed E-state index contributed by atoms with van der Waals surface area (Å²) >= 11 is 0. The molecule has 1 amide bonds. The highest BCUT2D eigenvalue weighted by molar-refractivity contribution is 6.04. The van der Waals surface area contributed by atoms with Gasteiger partial charge in [-0.05, 0) is 31.7 Å². The van der Waals surface area contributed by atoms with Crippen LogP contribution in [-0.2, 0) is 6.42 Å². The molecule has 2 saturated heterocycles. The highest BCUT2D eigenvalue weighted by atomic mass is 16.2. The van der Waals surface area contributed by atoms with Crippen LogP contribution in [0, 0.1) is 6.92 Å². The molecule has 6 nitrogen and oxygen atoms in total. The summed E-state index contributed by atoms with van der Waals surface area (Å²) in [5.74, 6) is 0.247. The first kappa shape index (κ1) is 15.8. The van der Waals surface area contributed by atoms with E-state index in [-0.39, 0.29) is 11.7 Å². The zero-order valence-corrected chi connectivity index (χ0v) is 14.4. The molecular weight excluding hydrogens is 304 g/mol. The summed E-state index contributed by atoms with van der Waals surface area (Å²) in [7, 11) is 0. The number of aryl methyl sites for hydroxylation is 1. The first-order valence-electron chi connectivity index (χ1n) is 9.14. The Morgan fingerprint density at radius 3 is 2.71 bits per heavy atom. The minimum atomic E-state index is 0.0623. The fourth-order valence-corrected chi connectivity index (χ4v) is 4.42. The first-order chi connectivity index (χ1) is 11.6. The Kier molecular flexibility index (Phi) is 4.18. The molecule has 130 valence electrons. The van der Waals surface area contributed by atoms with E-state index in [0.29, 0.717) is 18.2 Å². The number of aromatic nitrogens is 1. The first-order valence-corrected chi connectivity index (χ1v) is 9.14. The molecule has 1 aromatic rings. The smallest absolute Gasteiger partial charge is 0.270 e. The number of carbonyl (C=O) groups is 2. The molecule has 2 N–H and O–H groups in total. The van der Waals surface area contributed by atoms with Crippen molar-refractivity contribution in [1.29, 1.82) is 0 Å². The van der Waals surface area contributed by atoms with Gasteiger partial charge in [0.25, 0.3) is 5.91 Å². The van der Waals surface area contributed by atoms with E-state index < -0.39 is 0 Å². The van der Waals surface area contributed by atoms with Crippen molar-refractivity contribution in [2.45, 2.75) is 38.6 Å². The van der Waals surface area contributed by atoms with Crippen LogP contribution in [0.3, 0.4) is 0 Å². The van der Waals surface area contributed by atoms with Crippen LogP contribution in [0.4, 0.5) is 0 Å². The van der Waals surface area contributed by atoms with E-state index in [1.807, 2.05) is 11.8 Å². The highest BCUT2D eigenvalue weighted by Gasteiger charge is 2.34. The normalized spacial score (nSPS) is 25.1. The molecule has 1 aromatic heterocycles. The number of nitrogens with one attached hydrogen (secondary N) is 2. The maximum absolute atomic E-state index is 13.0. The number of piperazine rings is 1. The lowest BCUT2D eigenvalue weighted by molar-refractivity contribution is 0.0767. The number of aromatic amines is 1. The predicted molar refractivity (Wildman–Crippen MR) is 91.5 cm³/mol. The lowest BCUT2D eigenvalue weighted by Crippen LogP contribution is -2.49. The molecule has 2 aliphatic heterocycles. The van der Waals surface area contributed by atoms with Crippen molar-refractivity contribution in [2.75, 3.05) is 39.3 Å². The number of hydrogen-bond acceptors (Lipinski definition) is 4. The third-order valence-electron chi connectivity index (χ3n) is 5.77. The Hall–Kier alpha value is -1.66. The third-order valence-corrected chi connectivity index (χ3v) is 5.77. The van der Waals surface area contributed by atoms with Crippen LogP contribution >= 0.6 is 0 Å². The molecule has 0 aromatic carbocycles. The van der Waals surface area contributed by atoms with E-state index >= 15 is 0 Å². The molecule has 0 radical (unpaired) electrons. The number of carbonyl (C=O) groups excluding carboxylic acids is 2. The van der Waals surface area contributed by atoms with Gasteiger partial charge in [0.05, 0.1) is 0 Å². The van der Waals surface area contributed by atoms with Crippen molar-refractivity contribution in [3.63, 3.8) is 0 Å². The Morgan fingerprint density at radius 1 is 1.17 bits per heavy atom. The molecule has 1 atom stereocenters. The monoisotopic (exact) mass is 330 g/mol. The van der Waals surface area contributed by atoms with Gasteiger partial charge in [-0.1, -0.05) is 0 Å². The van der Waals surface area contributed by atoms with Gasteiger partial charge in [-0.3, -0.25) is 14.5 Å². The summed E-state index contributed by atoms with van der Waals surface area (Å²) in [6, 6.07) is 0.475. The molecule has 24 heavy (non-hydrogen) atoms. The minimum absolute atomic E-state index is 0.0623. The highest BCUT2D eigenvalue weighted by Crippen LogP contribution is 2.28. The second-order valence-electron chi connectivity index (χ2n) is 7.23. The van der Waals surface area contributed by atoms with Gasteiger partial charge in [-0.15, -0.1) is 0 Å². The summed E-state index contributed by atoms with van der Waals surface area (Å²) in [6.07, 6.45) is 3.41. The van der Waals surface area contributed by atoms with Gasteiger partial charge in [0.2, 0.25) is 0 Å². The summed E-state index contributed by atoms with van der Waals surface area (Å²) in [4.78, 5) is 32.9. The summed E-state index contributed by atoms with van der Waals surface area (Å²) < 4.78 is 0. The maximum atomic E-state index is 13.0. The van der Waals surface area contributed by atoms with Gasteiger partial charge >= 0.3 is 0 Å². The Labute approximate surface area is 142 Å². The number of H-pyrrole nitrogens is 1. The topological polar surface area (TPSA) is 68.4 Å². The molecule has 0 spiro atoms. The lowest BCUT2D eigenvalue weighted by Gasteiger charge is -2.32. The second-order valence-corrected chi connectivity index (χ2v) is 7.23. The van der Waals surface area contributed by atoms with Crippen molar-refractivity contribution in [3.05, 3.63) is 22.5 Å². The molecule has 3 heterocycles. The maximum Gasteiger partial charge on any atom is 0.270 e. The van der Waals surface area contributed by atoms with Gasteiger partial charge in [-0.2, -0.15) is 0 Å². The van der Waals surface area contributed by atoms with Crippen LogP contribution in [-0.4, -0.2) is 71.8 Å². The van der Waals surface area contributed by atoms with E-state index in [9.17, 15) is 9.59 Å². The fraction of sp³-hybridized carbons (Fsp3) is 0.667. The van der Waals surface area contributed by atoms with Gasteiger partial charge < -0.3 is 15.2 Å². The van der Waals surface area contributed by atoms with E-state index in [4.69, 9.17) is 0 Å².